The lowest BCUT2D eigenvalue weighted by atomic mass is 10.1. The number of ketones is 1. The van der Waals surface area contributed by atoms with E-state index in [1.807, 2.05) is 19.1 Å². The Hall–Kier alpha value is -0.980. The fraction of sp³-hybridized carbons (Fsp3) is 0.286. The average molecular weight is 402 g/mol. The highest BCUT2D eigenvalue weighted by molar-refractivity contribution is 9.10. The molecule has 0 amide bonds. The zero-order valence-corrected chi connectivity index (χ0v) is 14.4. The van der Waals surface area contributed by atoms with E-state index in [1.165, 1.54) is 0 Å². The molecule has 20 heavy (non-hydrogen) atoms. The Labute approximate surface area is 134 Å². The molecule has 1 aromatic heterocycles. The van der Waals surface area contributed by atoms with E-state index in [0.29, 0.717) is 28.9 Å². The van der Waals surface area contributed by atoms with Crippen molar-refractivity contribution in [1.29, 1.82) is 0 Å². The van der Waals surface area contributed by atoms with Gasteiger partial charge in [0.2, 0.25) is 5.78 Å². The van der Waals surface area contributed by atoms with Crippen LogP contribution in [0.15, 0.2) is 33.3 Å². The molecule has 6 heteroatoms. The van der Waals surface area contributed by atoms with E-state index in [-0.39, 0.29) is 5.78 Å². The number of ether oxygens (including phenoxy) is 1. The highest BCUT2D eigenvalue weighted by Crippen LogP contribution is 2.23. The quantitative estimate of drug-likeness (QED) is 0.719. The molecular weight excluding hydrogens is 388 g/mol. The molecule has 2 rings (SSSR count). The van der Waals surface area contributed by atoms with Gasteiger partial charge in [0, 0.05) is 17.1 Å². The topological polar surface area (TPSA) is 44.1 Å². The van der Waals surface area contributed by atoms with Crippen LogP contribution in [0.2, 0.25) is 0 Å². The number of aromatic nitrogens is 2. The maximum Gasteiger partial charge on any atom is 0.212 e. The third-order valence-electron chi connectivity index (χ3n) is 2.94. The molecule has 0 N–H and O–H groups in total. The highest BCUT2D eigenvalue weighted by atomic mass is 79.9. The number of carbonyl (C=O) groups excluding carboxylic acids is 1. The molecule has 0 aliphatic heterocycles. The number of hydrogen-bond acceptors (Lipinski definition) is 3. The number of hydrogen-bond donors (Lipinski definition) is 0. The lowest BCUT2D eigenvalue weighted by Gasteiger charge is -2.08. The first kappa shape index (κ1) is 15.4. The van der Waals surface area contributed by atoms with Crippen LogP contribution in [0.3, 0.4) is 0 Å². The maximum absolute atomic E-state index is 12.6. The zero-order valence-electron chi connectivity index (χ0n) is 11.2. The van der Waals surface area contributed by atoms with Crippen LogP contribution < -0.4 is 0 Å². The van der Waals surface area contributed by atoms with E-state index in [1.54, 1.807) is 24.1 Å². The molecule has 1 aromatic carbocycles. The van der Waals surface area contributed by atoms with Crippen LogP contribution in [-0.2, 0) is 11.3 Å². The summed E-state index contributed by atoms with van der Waals surface area (Å²) in [6.45, 7) is 3.00. The summed E-state index contributed by atoms with van der Waals surface area (Å²) >= 11 is 6.82. The summed E-state index contributed by atoms with van der Waals surface area (Å²) in [6, 6.07) is 5.55. The van der Waals surface area contributed by atoms with Gasteiger partial charge < -0.3 is 4.74 Å². The summed E-state index contributed by atoms with van der Waals surface area (Å²) in [4.78, 5) is 12.6. The Kier molecular flexibility index (Phi) is 5.12. The van der Waals surface area contributed by atoms with Crippen LogP contribution >= 0.6 is 31.9 Å². The van der Waals surface area contributed by atoms with Crippen molar-refractivity contribution in [2.75, 3.05) is 13.7 Å². The van der Waals surface area contributed by atoms with Crippen LogP contribution in [-0.4, -0.2) is 29.3 Å². The van der Waals surface area contributed by atoms with Crippen LogP contribution in [0.5, 0.6) is 0 Å². The van der Waals surface area contributed by atoms with Crippen molar-refractivity contribution in [3.63, 3.8) is 0 Å². The predicted octanol–water partition coefficient (Wildman–Crippen LogP) is 3.59. The van der Waals surface area contributed by atoms with Crippen molar-refractivity contribution in [1.82, 2.24) is 9.78 Å². The number of rotatable bonds is 5. The molecular formula is C14H14Br2N2O2. The molecule has 0 atom stereocenters. The van der Waals surface area contributed by atoms with Crippen molar-refractivity contribution in [3.05, 3.63) is 50.2 Å². The molecule has 106 valence electrons. The van der Waals surface area contributed by atoms with Crippen molar-refractivity contribution in [2.45, 2.75) is 13.5 Å². The molecule has 0 aliphatic carbocycles. The van der Waals surface area contributed by atoms with Crippen LogP contribution in [0.4, 0.5) is 0 Å². The van der Waals surface area contributed by atoms with E-state index in [0.717, 1.165) is 10.0 Å². The van der Waals surface area contributed by atoms with Gasteiger partial charge in [0.25, 0.3) is 0 Å². The van der Waals surface area contributed by atoms with Gasteiger partial charge in [0.15, 0.2) is 0 Å². The Morgan fingerprint density at radius 1 is 1.35 bits per heavy atom. The summed E-state index contributed by atoms with van der Waals surface area (Å²) in [5.41, 5.74) is 2.21. The third kappa shape index (κ3) is 3.19. The molecule has 0 bridgehead atoms. The average Bonchev–Trinajstić information content (AvgIpc) is 2.80. The van der Waals surface area contributed by atoms with Crippen molar-refractivity contribution in [3.8, 4) is 0 Å². The number of benzene rings is 1. The highest BCUT2D eigenvalue weighted by Gasteiger charge is 2.19. The predicted molar refractivity (Wildman–Crippen MR) is 84.1 cm³/mol. The van der Waals surface area contributed by atoms with Gasteiger partial charge >= 0.3 is 0 Å². The molecule has 4 nitrogen and oxygen atoms in total. The van der Waals surface area contributed by atoms with Gasteiger partial charge in [-0.3, -0.25) is 9.48 Å². The summed E-state index contributed by atoms with van der Waals surface area (Å²) < 4.78 is 8.38. The van der Waals surface area contributed by atoms with Gasteiger partial charge in [-0.25, -0.2) is 0 Å². The van der Waals surface area contributed by atoms with Gasteiger partial charge in [-0.1, -0.05) is 15.9 Å². The first-order valence-electron chi connectivity index (χ1n) is 6.05. The standard InChI is InChI=1S/C14H14Br2N2O2/c1-9-7-10(3-4-11(9)15)14(19)13-12(16)8-17-18(13)5-6-20-2/h3-4,7-8H,5-6H2,1-2H3. The minimum absolute atomic E-state index is 0.0546. The Morgan fingerprint density at radius 2 is 2.10 bits per heavy atom. The van der Waals surface area contributed by atoms with Crippen molar-refractivity contribution < 1.29 is 9.53 Å². The second-order valence-corrected chi connectivity index (χ2v) is 6.06. The van der Waals surface area contributed by atoms with Gasteiger partial charge in [-0.05, 0) is 46.6 Å². The number of aryl methyl sites for hydroxylation is 1. The maximum atomic E-state index is 12.6. The van der Waals surface area contributed by atoms with Crippen LogP contribution in [0, 0.1) is 6.92 Å². The first-order valence-corrected chi connectivity index (χ1v) is 7.64. The minimum Gasteiger partial charge on any atom is -0.383 e. The van der Waals surface area contributed by atoms with Gasteiger partial charge in [0.05, 0.1) is 23.8 Å². The summed E-state index contributed by atoms with van der Waals surface area (Å²) in [7, 11) is 1.62. The van der Waals surface area contributed by atoms with Crippen LogP contribution in [0.1, 0.15) is 21.6 Å². The van der Waals surface area contributed by atoms with E-state index in [4.69, 9.17) is 4.74 Å². The fourth-order valence-corrected chi connectivity index (χ4v) is 2.58. The van der Waals surface area contributed by atoms with E-state index < -0.39 is 0 Å². The third-order valence-corrected chi connectivity index (χ3v) is 4.41. The van der Waals surface area contributed by atoms with Crippen molar-refractivity contribution >= 4 is 37.6 Å². The molecule has 0 unspecified atom stereocenters. The van der Waals surface area contributed by atoms with Gasteiger partial charge in [-0.15, -0.1) is 0 Å². The molecule has 2 aromatic rings. The summed E-state index contributed by atoms with van der Waals surface area (Å²) in [6.07, 6.45) is 1.63. The fourth-order valence-electron chi connectivity index (χ4n) is 1.86. The summed E-state index contributed by atoms with van der Waals surface area (Å²) in [5.74, 6) is -0.0546. The number of halogens is 2. The number of methoxy groups -OCH3 is 1. The van der Waals surface area contributed by atoms with Crippen molar-refractivity contribution in [2.24, 2.45) is 0 Å². The lowest BCUT2D eigenvalue weighted by Crippen LogP contribution is -2.15. The Balaban J connectivity index is 2.37. The molecule has 0 aliphatic rings. The largest absolute Gasteiger partial charge is 0.383 e. The number of nitrogens with zero attached hydrogens (tertiary/aromatic N) is 2. The molecule has 0 saturated carbocycles. The molecule has 0 fully saturated rings. The monoisotopic (exact) mass is 400 g/mol. The minimum atomic E-state index is -0.0546. The smallest absolute Gasteiger partial charge is 0.212 e. The van der Waals surface area contributed by atoms with Gasteiger partial charge in [0.1, 0.15) is 5.69 Å². The van der Waals surface area contributed by atoms with E-state index >= 15 is 0 Å². The first-order chi connectivity index (χ1) is 9.54. The Morgan fingerprint density at radius 3 is 2.75 bits per heavy atom. The van der Waals surface area contributed by atoms with Gasteiger partial charge in [-0.2, -0.15) is 5.10 Å². The number of carbonyl (C=O) groups is 1. The molecule has 0 saturated heterocycles. The SMILES string of the molecule is COCCn1ncc(Br)c1C(=O)c1ccc(Br)c(C)c1. The summed E-state index contributed by atoms with van der Waals surface area (Å²) in [5, 5.41) is 4.20. The Bertz CT molecular complexity index is 638. The lowest BCUT2D eigenvalue weighted by molar-refractivity contribution is 0.102. The second-order valence-electron chi connectivity index (χ2n) is 4.35. The van der Waals surface area contributed by atoms with Crippen LogP contribution in [0.25, 0.3) is 0 Å². The van der Waals surface area contributed by atoms with E-state index in [9.17, 15) is 4.79 Å². The zero-order chi connectivity index (χ0) is 14.7. The second kappa shape index (κ2) is 6.65. The molecule has 1 heterocycles. The molecule has 0 radical (unpaired) electrons. The van der Waals surface area contributed by atoms with E-state index in [2.05, 4.69) is 37.0 Å². The molecule has 0 spiro atoms. The normalized spacial score (nSPS) is 10.8.